The molecule has 1 unspecified atom stereocenters. The van der Waals surface area contributed by atoms with Gasteiger partial charge in [0.05, 0.1) is 16.2 Å². The molecule has 1 heterocycles. The summed E-state index contributed by atoms with van der Waals surface area (Å²) in [7, 11) is 0. The van der Waals surface area contributed by atoms with Crippen molar-refractivity contribution in [2.45, 2.75) is 33.8 Å². The van der Waals surface area contributed by atoms with E-state index in [9.17, 15) is 24.5 Å². The fraction of sp³-hybridized carbons (Fsp3) is 0.250. The largest absolute Gasteiger partial charge is 0.451 e. The van der Waals surface area contributed by atoms with Crippen molar-refractivity contribution in [3.63, 3.8) is 0 Å². The van der Waals surface area contributed by atoms with Crippen LogP contribution < -0.4 is 0 Å². The fourth-order valence-electron chi connectivity index (χ4n) is 2.95. The molecular weight excluding hydrogens is 364 g/mol. The lowest BCUT2D eigenvalue weighted by atomic mass is 10.0. The SMILES string of the molecule is CC(=O)c1c(C)[nH]c(C(=O)C(C)OC(=O)/C=C/c2ccccc2[N+](=O)[O-])c1C. The minimum absolute atomic E-state index is 0.148. The van der Waals surface area contributed by atoms with E-state index in [1.54, 1.807) is 19.9 Å². The second-order valence-electron chi connectivity index (χ2n) is 6.27. The average Bonchev–Trinajstić information content (AvgIpc) is 2.93. The van der Waals surface area contributed by atoms with Crippen LogP contribution in [-0.4, -0.2) is 33.5 Å². The van der Waals surface area contributed by atoms with Crippen molar-refractivity contribution in [3.05, 3.63) is 68.5 Å². The summed E-state index contributed by atoms with van der Waals surface area (Å²) in [5, 5.41) is 11.0. The summed E-state index contributed by atoms with van der Waals surface area (Å²) in [6.45, 7) is 6.17. The molecule has 0 aliphatic heterocycles. The van der Waals surface area contributed by atoms with Crippen LogP contribution in [0.1, 0.15) is 51.5 Å². The molecule has 1 aromatic carbocycles. The van der Waals surface area contributed by atoms with Crippen molar-refractivity contribution in [1.82, 2.24) is 4.98 Å². The van der Waals surface area contributed by atoms with Gasteiger partial charge < -0.3 is 9.72 Å². The molecule has 0 bridgehead atoms. The van der Waals surface area contributed by atoms with Crippen LogP contribution in [0.4, 0.5) is 5.69 Å². The number of nitro groups is 1. The second-order valence-corrected chi connectivity index (χ2v) is 6.27. The van der Waals surface area contributed by atoms with Crippen molar-refractivity contribution in [3.8, 4) is 0 Å². The standard InChI is InChI=1S/C20H20N2O6/c1-11-18(13(3)23)12(2)21-19(11)20(25)14(4)28-17(24)10-9-15-7-5-6-8-16(15)22(26)27/h5-10,14,21H,1-4H3/b10-9+. The third-order valence-electron chi connectivity index (χ3n) is 4.23. The summed E-state index contributed by atoms with van der Waals surface area (Å²) in [4.78, 5) is 49.6. The zero-order valence-corrected chi connectivity index (χ0v) is 15.9. The Morgan fingerprint density at radius 2 is 1.86 bits per heavy atom. The Hall–Kier alpha value is -3.55. The van der Waals surface area contributed by atoms with Gasteiger partial charge in [0.2, 0.25) is 5.78 Å². The number of aryl methyl sites for hydroxylation is 1. The number of carbonyl (C=O) groups is 3. The smallest absolute Gasteiger partial charge is 0.331 e. The van der Waals surface area contributed by atoms with Gasteiger partial charge in [0.25, 0.3) is 5.69 Å². The maximum absolute atomic E-state index is 12.6. The number of nitrogens with one attached hydrogen (secondary N) is 1. The van der Waals surface area contributed by atoms with Crippen LogP contribution in [0.3, 0.4) is 0 Å². The minimum atomic E-state index is -1.10. The molecule has 0 aliphatic carbocycles. The van der Waals surface area contributed by atoms with Gasteiger partial charge in [-0.2, -0.15) is 0 Å². The van der Waals surface area contributed by atoms with Crippen LogP contribution in [-0.2, 0) is 9.53 Å². The number of ether oxygens (including phenoxy) is 1. The Bertz CT molecular complexity index is 987. The monoisotopic (exact) mass is 384 g/mol. The van der Waals surface area contributed by atoms with Gasteiger partial charge in [0, 0.05) is 23.4 Å². The first-order valence-corrected chi connectivity index (χ1v) is 8.50. The molecule has 0 spiro atoms. The first-order valence-electron chi connectivity index (χ1n) is 8.50. The van der Waals surface area contributed by atoms with Gasteiger partial charge in [-0.3, -0.25) is 19.7 Å². The van der Waals surface area contributed by atoms with Crippen molar-refractivity contribution in [2.75, 3.05) is 0 Å². The molecule has 0 saturated carbocycles. The number of ketones is 2. The van der Waals surface area contributed by atoms with E-state index in [-0.39, 0.29) is 22.7 Å². The maximum Gasteiger partial charge on any atom is 0.331 e. The summed E-state index contributed by atoms with van der Waals surface area (Å²) in [5.74, 6) is -1.45. The molecule has 0 saturated heterocycles. The minimum Gasteiger partial charge on any atom is -0.451 e. The number of aromatic nitrogens is 1. The van der Waals surface area contributed by atoms with E-state index in [1.807, 2.05) is 0 Å². The molecule has 0 radical (unpaired) electrons. The number of nitrogens with zero attached hydrogens (tertiary/aromatic N) is 1. The molecule has 8 nitrogen and oxygen atoms in total. The third kappa shape index (κ3) is 4.40. The number of para-hydroxylation sites is 1. The van der Waals surface area contributed by atoms with Crippen LogP contribution in [0.15, 0.2) is 30.3 Å². The van der Waals surface area contributed by atoms with Gasteiger partial charge >= 0.3 is 5.97 Å². The molecule has 1 aromatic heterocycles. The van der Waals surface area contributed by atoms with Gasteiger partial charge in [0.15, 0.2) is 11.9 Å². The number of aromatic amines is 1. The lowest BCUT2D eigenvalue weighted by Crippen LogP contribution is -2.24. The average molecular weight is 384 g/mol. The highest BCUT2D eigenvalue weighted by molar-refractivity contribution is 6.05. The molecule has 146 valence electrons. The van der Waals surface area contributed by atoms with Crippen molar-refractivity contribution in [2.24, 2.45) is 0 Å². The third-order valence-corrected chi connectivity index (χ3v) is 4.23. The summed E-state index contributed by atoms with van der Waals surface area (Å²) in [6.07, 6.45) is 1.19. The lowest BCUT2D eigenvalue weighted by Gasteiger charge is -2.10. The Morgan fingerprint density at radius 1 is 1.21 bits per heavy atom. The first-order chi connectivity index (χ1) is 13.1. The molecule has 28 heavy (non-hydrogen) atoms. The topological polar surface area (TPSA) is 119 Å². The van der Waals surface area contributed by atoms with Gasteiger partial charge in [-0.15, -0.1) is 0 Å². The van der Waals surface area contributed by atoms with Gasteiger partial charge in [-0.25, -0.2) is 4.79 Å². The number of H-pyrrole nitrogens is 1. The van der Waals surface area contributed by atoms with E-state index in [2.05, 4.69) is 4.98 Å². The molecule has 2 aromatic rings. The Morgan fingerprint density at radius 3 is 2.43 bits per heavy atom. The van der Waals surface area contributed by atoms with E-state index >= 15 is 0 Å². The number of nitro benzene ring substituents is 1. The van der Waals surface area contributed by atoms with Crippen LogP contribution in [0, 0.1) is 24.0 Å². The number of carbonyl (C=O) groups excluding carboxylic acids is 3. The van der Waals surface area contributed by atoms with Gasteiger partial charge in [-0.05, 0) is 45.4 Å². The summed E-state index contributed by atoms with van der Waals surface area (Å²) in [6, 6.07) is 5.93. The van der Waals surface area contributed by atoms with E-state index in [0.29, 0.717) is 16.8 Å². The number of benzene rings is 1. The number of hydrogen-bond acceptors (Lipinski definition) is 6. The molecule has 8 heteroatoms. The highest BCUT2D eigenvalue weighted by Gasteiger charge is 2.25. The maximum atomic E-state index is 12.6. The molecule has 2 rings (SSSR count). The lowest BCUT2D eigenvalue weighted by molar-refractivity contribution is -0.385. The van der Waals surface area contributed by atoms with E-state index in [1.165, 1.54) is 38.1 Å². The van der Waals surface area contributed by atoms with Gasteiger partial charge in [0.1, 0.15) is 0 Å². The summed E-state index contributed by atoms with van der Waals surface area (Å²) >= 11 is 0. The van der Waals surface area contributed by atoms with Crippen molar-refractivity contribution >= 4 is 29.3 Å². The first kappa shape index (κ1) is 20.8. The molecule has 1 atom stereocenters. The number of rotatable bonds is 7. The van der Waals surface area contributed by atoms with Crippen LogP contribution in [0.25, 0.3) is 6.08 Å². The van der Waals surface area contributed by atoms with E-state index < -0.39 is 22.8 Å². The fourth-order valence-corrected chi connectivity index (χ4v) is 2.95. The van der Waals surface area contributed by atoms with Crippen LogP contribution in [0.5, 0.6) is 0 Å². The van der Waals surface area contributed by atoms with Crippen LogP contribution in [0.2, 0.25) is 0 Å². The highest BCUT2D eigenvalue weighted by atomic mass is 16.6. The van der Waals surface area contributed by atoms with Gasteiger partial charge in [-0.1, -0.05) is 12.1 Å². The Kier molecular flexibility index (Phi) is 6.25. The van der Waals surface area contributed by atoms with Crippen molar-refractivity contribution in [1.29, 1.82) is 0 Å². The zero-order valence-electron chi connectivity index (χ0n) is 15.9. The number of Topliss-reactive ketones (excluding diaryl/α,β-unsaturated/α-hetero) is 2. The Labute approximate surface area is 161 Å². The molecule has 0 aliphatic rings. The van der Waals surface area contributed by atoms with Crippen molar-refractivity contribution < 1.29 is 24.0 Å². The van der Waals surface area contributed by atoms with E-state index in [0.717, 1.165) is 6.08 Å². The zero-order chi connectivity index (χ0) is 21.0. The summed E-state index contributed by atoms with van der Waals surface area (Å²) < 4.78 is 5.10. The molecule has 0 amide bonds. The molecule has 1 N–H and O–H groups in total. The predicted octanol–water partition coefficient (Wildman–Crippen LogP) is 3.57. The normalized spacial score (nSPS) is 12.0. The van der Waals surface area contributed by atoms with Crippen LogP contribution >= 0.6 is 0 Å². The number of esters is 1. The quantitative estimate of drug-likeness (QED) is 0.256. The molecule has 0 fully saturated rings. The highest BCUT2D eigenvalue weighted by Crippen LogP contribution is 2.21. The number of hydrogen-bond donors (Lipinski definition) is 1. The second kappa shape index (κ2) is 8.43. The summed E-state index contributed by atoms with van der Waals surface area (Å²) in [5.41, 5.74) is 1.83. The Balaban J connectivity index is 2.13. The van der Waals surface area contributed by atoms with E-state index in [4.69, 9.17) is 4.74 Å². The molecular formula is C20H20N2O6. The predicted molar refractivity (Wildman–Crippen MR) is 102 cm³/mol.